The summed E-state index contributed by atoms with van der Waals surface area (Å²) < 4.78 is 1.76. The van der Waals surface area contributed by atoms with Crippen LogP contribution >= 0.6 is 54.5 Å². The van der Waals surface area contributed by atoms with Crippen molar-refractivity contribution in [2.24, 2.45) is 0 Å². The Balaban J connectivity index is 2.65. The molecule has 0 spiro atoms. The Morgan fingerprint density at radius 3 is 1.56 bits per heavy atom. The standard InChI is InChI=1S/C10H4Br2O2S2/c11-7-1-5(3-13)9(15-7)10-6(4-14)2-8(12)16-10/h1-4H. The molecule has 2 heterocycles. The van der Waals surface area contributed by atoms with Crippen LogP contribution in [0.25, 0.3) is 9.75 Å². The molecule has 0 aliphatic heterocycles. The molecule has 0 unspecified atom stereocenters. The second-order valence-corrected chi connectivity index (χ2v) is 7.77. The summed E-state index contributed by atoms with van der Waals surface area (Å²) in [4.78, 5) is 23.5. The highest BCUT2D eigenvalue weighted by atomic mass is 79.9. The molecule has 0 amide bonds. The molecule has 0 aromatic carbocycles. The predicted octanol–water partition coefficient (Wildman–Crippen LogP) is 4.63. The second kappa shape index (κ2) is 4.91. The molecular weight excluding hydrogens is 376 g/mol. The maximum absolute atomic E-state index is 10.9. The molecule has 0 atom stereocenters. The first kappa shape index (κ1) is 12.2. The van der Waals surface area contributed by atoms with Crippen molar-refractivity contribution in [2.45, 2.75) is 0 Å². The Labute approximate surface area is 117 Å². The largest absolute Gasteiger partial charge is 0.298 e. The lowest BCUT2D eigenvalue weighted by atomic mass is 10.2. The van der Waals surface area contributed by atoms with Crippen molar-refractivity contribution in [3.8, 4) is 9.75 Å². The first-order chi connectivity index (χ1) is 7.65. The topological polar surface area (TPSA) is 34.1 Å². The molecule has 82 valence electrons. The van der Waals surface area contributed by atoms with Gasteiger partial charge in [-0.05, 0) is 44.0 Å². The SMILES string of the molecule is O=Cc1cc(Br)sc1-c1sc(Br)cc1C=O. The maximum atomic E-state index is 10.9. The number of thiophene rings is 2. The van der Waals surface area contributed by atoms with E-state index in [0.29, 0.717) is 11.1 Å². The molecule has 16 heavy (non-hydrogen) atoms. The van der Waals surface area contributed by atoms with Gasteiger partial charge in [0.2, 0.25) is 0 Å². The molecule has 6 heteroatoms. The molecule has 2 aromatic heterocycles. The summed E-state index contributed by atoms with van der Waals surface area (Å²) >= 11 is 9.58. The van der Waals surface area contributed by atoms with E-state index in [1.165, 1.54) is 22.7 Å². The molecular formula is C10H4Br2O2S2. The van der Waals surface area contributed by atoms with Crippen LogP contribution in [-0.2, 0) is 0 Å². The van der Waals surface area contributed by atoms with Gasteiger partial charge < -0.3 is 0 Å². The van der Waals surface area contributed by atoms with E-state index in [9.17, 15) is 9.59 Å². The van der Waals surface area contributed by atoms with Crippen LogP contribution in [0.1, 0.15) is 20.7 Å². The highest BCUT2D eigenvalue weighted by molar-refractivity contribution is 9.11. The number of hydrogen-bond acceptors (Lipinski definition) is 4. The lowest BCUT2D eigenvalue weighted by Crippen LogP contribution is -1.81. The monoisotopic (exact) mass is 378 g/mol. The maximum Gasteiger partial charge on any atom is 0.151 e. The minimum absolute atomic E-state index is 0.606. The van der Waals surface area contributed by atoms with Crippen LogP contribution < -0.4 is 0 Å². The molecule has 0 saturated carbocycles. The summed E-state index contributed by atoms with van der Waals surface area (Å²) in [5, 5.41) is 0. The van der Waals surface area contributed by atoms with Crippen LogP contribution in [-0.4, -0.2) is 12.6 Å². The van der Waals surface area contributed by atoms with Crippen LogP contribution in [0.3, 0.4) is 0 Å². The van der Waals surface area contributed by atoms with E-state index in [-0.39, 0.29) is 0 Å². The van der Waals surface area contributed by atoms with Crippen LogP contribution in [0.2, 0.25) is 0 Å². The molecule has 2 rings (SSSR count). The van der Waals surface area contributed by atoms with Crippen molar-refractivity contribution in [1.82, 2.24) is 0 Å². The Bertz CT molecular complexity index is 507. The molecule has 0 saturated heterocycles. The summed E-state index contributed by atoms with van der Waals surface area (Å²) in [7, 11) is 0. The molecule has 0 aliphatic carbocycles. The van der Waals surface area contributed by atoms with Gasteiger partial charge >= 0.3 is 0 Å². The van der Waals surface area contributed by atoms with Crippen molar-refractivity contribution in [1.29, 1.82) is 0 Å². The quantitative estimate of drug-likeness (QED) is 0.728. The minimum atomic E-state index is 0.606. The first-order valence-electron chi connectivity index (χ1n) is 4.15. The fourth-order valence-electron chi connectivity index (χ4n) is 1.28. The number of aldehydes is 2. The van der Waals surface area contributed by atoms with Crippen molar-refractivity contribution in [3.63, 3.8) is 0 Å². The van der Waals surface area contributed by atoms with E-state index in [1.54, 1.807) is 12.1 Å². The fourth-order valence-corrected chi connectivity index (χ4v) is 4.62. The van der Waals surface area contributed by atoms with Crippen LogP contribution in [0.15, 0.2) is 19.7 Å². The zero-order chi connectivity index (χ0) is 11.7. The van der Waals surface area contributed by atoms with E-state index >= 15 is 0 Å². The smallest absolute Gasteiger partial charge is 0.151 e. The van der Waals surface area contributed by atoms with Crippen LogP contribution in [0.4, 0.5) is 0 Å². The van der Waals surface area contributed by atoms with Crippen molar-refractivity contribution in [2.75, 3.05) is 0 Å². The zero-order valence-electron chi connectivity index (χ0n) is 7.70. The summed E-state index contributed by atoms with van der Waals surface area (Å²) in [5.74, 6) is 0. The van der Waals surface area contributed by atoms with Gasteiger partial charge in [-0.1, -0.05) is 0 Å². The van der Waals surface area contributed by atoms with Gasteiger partial charge in [-0.3, -0.25) is 9.59 Å². The van der Waals surface area contributed by atoms with Gasteiger partial charge in [-0.15, -0.1) is 22.7 Å². The Hall–Kier alpha value is -0.300. The average Bonchev–Trinajstić information content (AvgIpc) is 2.80. The van der Waals surface area contributed by atoms with Gasteiger partial charge in [0, 0.05) is 11.1 Å². The molecule has 0 fully saturated rings. The predicted molar refractivity (Wildman–Crippen MR) is 73.8 cm³/mol. The third-order valence-electron chi connectivity index (χ3n) is 1.92. The van der Waals surface area contributed by atoms with E-state index in [0.717, 1.165) is 29.9 Å². The van der Waals surface area contributed by atoms with Gasteiger partial charge in [-0.25, -0.2) is 0 Å². The Morgan fingerprint density at radius 1 is 0.875 bits per heavy atom. The third-order valence-corrected chi connectivity index (χ3v) is 5.39. The van der Waals surface area contributed by atoms with Gasteiger partial charge in [0.1, 0.15) is 0 Å². The summed E-state index contributed by atoms with van der Waals surface area (Å²) in [6.45, 7) is 0. The molecule has 2 aromatic rings. The molecule has 0 aliphatic rings. The zero-order valence-corrected chi connectivity index (χ0v) is 12.5. The van der Waals surface area contributed by atoms with E-state index in [1.807, 2.05) is 0 Å². The van der Waals surface area contributed by atoms with Gasteiger partial charge in [0.25, 0.3) is 0 Å². The third kappa shape index (κ3) is 2.20. The van der Waals surface area contributed by atoms with Crippen molar-refractivity contribution in [3.05, 3.63) is 30.8 Å². The van der Waals surface area contributed by atoms with Crippen LogP contribution in [0, 0.1) is 0 Å². The fraction of sp³-hybridized carbons (Fsp3) is 0. The molecule has 0 bridgehead atoms. The van der Waals surface area contributed by atoms with Crippen LogP contribution in [0.5, 0.6) is 0 Å². The van der Waals surface area contributed by atoms with Crippen molar-refractivity contribution >= 4 is 67.1 Å². The lowest BCUT2D eigenvalue weighted by Gasteiger charge is -1.94. The Morgan fingerprint density at radius 2 is 1.25 bits per heavy atom. The molecule has 0 radical (unpaired) electrons. The number of carbonyl (C=O) groups excluding carboxylic acids is 2. The second-order valence-electron chi connectivity index (χ2n) is 2.91. The summed E-state index contributed by atoms with van der Waals surface area (Å²) in [6, 6.07) is 3.52. The summed E-state index contributed by atoms with van der Waals surface area (Å²) in [6.07, 6.45) is 1.61. The lowest BCUT2D eigenvalue weighted by molar-refractivity contribution is 0.111. The van der Waals surface area contributed by atoms with E-state index in [2.05, 4.69) is 31.9 Å². The molecule has 0 N–H and O–H groups in total. The van der Waals surface area contributed by atoms with Gasteiger partial charge in [-0.2, -0.15) is 0 Å². The average molecular weight is 380 g/mol. The highest BCUT2D eigenvalue weighted by Crippen LogP contribution is 2.41. The number of carbonyl (C=O) groups is 2. The van der Waals surface area contributed by atoms with E-state index < -0.39 is 0 Å². The minimum Gasteiger partial charge on any atom is -0.298 e. The van der Waals surface area contributed by atoms with E-state index in [4.69, 9.17) is 0 Å². The van der Waals surface area contributed by atoms with Crippen molar-refractivity contribution < 1.29 is 9.59 Å². The number of rotatable bonds is 3. The Kier molecular flexibility index (Phi) is 3.73. The molecule has 2 nitrogen and oxygen atoms in total. The highest BCUT2D eigenvalue weighted by Gasteiger charge is 2.16. The van der Waals surface area contributed by atoms with Gasteiger partial charge in [0.05, 0.1) is 17.3 Å². The normalized spacial score (nSPS) is 10.4. The number of halogens is 2. The van der Waals surface area contributed by atoms with Gasteiger partial charge in [0.15, 0.2) is 12.6 Å². The summed E-state index contributed by atoms with van der Waals surface area (Å²) in [5.41, 5.74) is 1.21. The first-order valence-corrected chi connectivity index (χ1v) is 7.37. The number of hydrogen-bond donors (Lipinski definition) is 0.